The molecule has 0 unspecified atom stereocenters. The highest BCUT2D eigenvalue weighted by Gasteiger charge is 2.05. The quantitative estimate of drug-likeness (QED) is 0.524. The van der Waals surface area contributed by atoms with Crippen molar-refractivity contribution in [1.82, 2.24) is 9.38 Å². The molecule has 0 aliphatic rings. The molecule has 2 heterocycles. The molecular weight excluding hydrogens is 166 g/mol. The molecular formula is C9H9N3O. The topological polar surface area (TPSA) is 50.4 Å². The third-order valence-corrected chi connectivity index (χ3v) is 1.80. The van der Waals surface area contributed by atoms with Crippen molar-refractivity contribution < 1.29 is 4.74 Å². The summed E-state index contributed by atoms with van der Waals surface area (Å²) >= 11 is 0. The molecule has 0 atom stereocenters. The molecule has 0 radical (unpaired) electrons. The third-order valence-electron chi connectivity index (χ3n) is 1.80. The summed E-state index contributed by atoms with van der Waals surface area (Å²) < 4.78 is 6.62. The molecule has 1 N–H and O–H groups in total. The summed E-state index contributed by atoms with van der Waals surface area (Å²) in [6.07, 6.45) is 3.65. The number of hydrogen-bond acceptors (Lipinski definition) is 3. The molecule has 0 saturated heterocycles. The Morgan fingerprint density at radius 3 is 3.08 bits per heavy atom. The number of ether oxygens (including phenoxy) is 1. The van der Waals surface area contributed by atoms with Crippen LogP contribution in [0.2, 0.25) is 0 Å². The predicted molar refractivity (Wildman–Crippen MR) is 49.0 cm³/mol. The fraction of sp³-hybridized carbons (Fsp3) is 0.111. The first-order valence-corrected chi connectivity index (χ1v) is 3.88. The van der Waals surface area contributed by atoms with Gasteiger partial charge in [0.05, 0.1) is 7.11 Å². The van der Waals surface area contributed by atoms with Crippen LogP contribution >= 0.6 is 0 Å². The Labute approximate surface area is 75.3 Å². The number of nitrogens with zero attached hydrogens (tertiary/aromatic N) is 2. The number of aromatic nitrogens is 2. The normalized spacial score (nSPS) is 10.2. The Bertz CT molecular complexity index is 414. The molecule has 4 nitrogen and oxygen atoms in total. The number of imidazole rings is 1. The van der Waals surface area contributed by atoms with Gasteiger partial charge < -0.3 is 9.14 Å². The van der Waals surface area contributed by atoms with Gasteiger partial charge >= 0.3 is 0 Å². The summed E-state index contributed by atoms with van der Waals surface area (Å²) in [4.78, 5) is 4.20. The maximum absolute atomic E-state index is 7.41. The molecule has 0 aromatic carbocycles. The van der Waals surface area contributed by atoms with Crippen LogP contribution in [0.1, 0.15) is 5.69 Å². The molecule has 0 aliphatic carbocycles. The zero-order valence-corrected chi connectivity index (χ0v) is 7.19. The zero-order chi connectivity index (χ0) is 9.26. The maximum atomic E-state index is 7.41. The van der Waals surface area contributed by atoms with E-state index in [0.717, 1.165) is 5.65 Å². The summed E-state index contributed by atoms with van der Waals surface area (Å²) in [5.41, 5.74) is 1.37. The van der Waals surface area contributed by atoms with E-state index in [1.165, 1.54) is 7.11 Å². The lowest BCUT2D eigenvalue weighted by Crippen LogP contribution is -2.00. The van der Waals surface area contributed by atoms with Crippen molar-refractivity contribution in [3.63, 3.8) is 0 Å². The Balaban J connectivity index is 2.56. The van der Waals surface area contributed by atoms with E-state index < -0.39 is 0 Å². The predicted octanol–water partition coefficient (Wildman–Crippen LogP) is 1.31. The van der Waals surface area contributed by atoms with Crippen LogP contribution in [0.25, 0.3) is 5.65 Å². The molecule has 0 spiro atoms. The second kappa shape index (κ2) is 2.90. The molecule has 66 valence electrons. The second-order valence-electron chi connectivity index (χ2n) is 2.63. The smallest absolute Gasteiger partial charge is 0.233 e. The average molecular weight is 175 g/mol. The SMILES string of the molecule is COC(=N)c1cn2ccccc2n1. The molecule has 0 amide bonds. The van der Waals surface area contributed by atoms with Crippen molar-refractivity contribution >= 4 is 11.5 Å². The van der Waals surface area contributed by atoms with E-state index in [0.29, 0.717) is 5.69 Å². The third kappa shape index (κ3) is 1.26. The Kier molecular flexibility index (Phi) is 1.73. The van der Waals surface area contributed by atoms with Gasteiger partial charge in [0.2, 0.25) is 5.90 Å². The van der Waals surface area contributed by atoms with E-state index in [1.807, 2.05) is 28.8 Å². The highest BCUT2D eigenvalue weighted by atomic mass is 16.5. The lowest BCUT2D eigenvalue weighted by atomic mass is 10.5. The van der Waals surface area contributed by atoms with Crippen molar-refractivity contribution in [1.29, 1.82) is 5.41 Å². The largest absolute Gasteiger partial charge is 0.480 e. The lowest BCUT2D eigenvalue weighted by molar-refractivity contribution is 0.400. The standard InChI is InChI=1S/C9H9N3O/c1-13-9(10)7-6-12-5-3-2-4-8(12)11-7/h2-6,10H,1H3. The molecule has 13 heavy (non-hydrogen) atoms. The van der Waals surface area contributed by atoms with Gasteiger partial charge in [-0.05, 0) is 12.1 Å². The molecule has 0 fully saturated rings. The van der Waals surface area contributed by atoms with Crippen LogP contribution in [0.4, 0.5) is 0 Å². The van der Waals surface area contributed by atoms with E-state index in [4.69, 9.17) is 10.1 Å². The number of nitrogens with one attached hydrogen (secondary N) is 1. The van der Waals surface area contributed by atoms with E-state index in [1.54, 1.807) is 6.20 Å². The monoisotopic (exact) mass is 175 g/mol. The van der Waals surface area contributed by atoms with E-state index in [9.17, 15) is 0 Å². The fourth-order valence-electron chi connectivity index (χ4n) is 1.15. The number of methoxy groups -OCH3 is 1. The first kappa shape index (κ1) is 7.79. The molecule has 2 rings (SSSR count). The Morgan fingerprint density at radius 1 is 1.54 bits per heavy atom. The van der Waals surface area contributed by atoms with Crippen LogP contribution < -0.4 is 0 Å². The van der Waals surface area contributed by atoms with Gasteiger partial charge in [0.1, 0.15) is 11.3 Å². The highest BCUT2D eigenvalue weighted by Crippen LogP contribution is 2.04. The van der Waals surface area contributed by atoms with Gasteiger partial charge in [-0.2, -0.15) is 0 Å². The number of pyridine rings is 1. The molecule has 0 aliphatic heterocycles. The summed E-state index contributed by atoms with van der Waals surface area (Å²) in [5.74, 6) is 0.0868. The summed E-state index contributed by atoms with van der Waals surface area (Å²) in [7, 11) is 1.46. The fourth-order valence-corrected chi connectivity index (χ4v) is 1.15. The Morgan fingerprint density at radius 2 is 2.38 bits per heavy atom. The van der Waals surface area contributed by atoms with Gasteiger partial charge in [-0.1, -0.05) is 6.07 Å². The Hall–Kier alpha value is -1.84. The number of hydrogen-bond donors (Lipinski definition) is 1. The van der Waals surface area contributed by atoms with Gasteiger partial charge in [-0.25, -0.2) is 4.98 Å². The van der Waals surface area contributed by atoms with Crippen molar-refractivity contribution in [3.05, 3.63) is 36.3 Å². The van der Waals surface area contributed by atoms with Crippen molar-refractivity contribution in [2.24, 2.45) is 0 Å². The first-order valence-electron chi connectivity index (χ1n) is 3.88. The van der Waals surface area contributed by atoms with E-state index in [2.05, 4.69) is 4.98 Å². The van der Waals surface area contributed by atoms with Gasteiger partial charge in [-0.3, -0.25) is 5.41 Å². The molecule has 0 saturated carbocycles. The van der Waals surface area contributed by atoms with E-state index >= 15 is 0 Å². The number of rotatable bonds is 1. The molecule has 0 bridgehead atoms. The van der Waals surface area contributed by atoms with Gasteiger partial charge in [-0.15, -0.1) is 0 Å². The number of fused-ring (bicyclic) bond motifs is 1. The summed E-state index contributed by atoms with van der Waals surface area (Å²) in [5, 5.41) is 7.41. The van der Waals surface area contributed by atoms with Gasteiger partial charge in [0.25, 0.3) is 0 Å². The average Bonchev–Trinajstić information content (AvgIpc) is 2.59. The van der Waals surface area contributed by atoms with Crippen LogP contribution in [0.5, 0.6) is 0 Å². The van der Waals surface area contributed by atoms with Crippen LogP contribution in [-0.4, -0.2) is 22.4 Å². The highest BCUT2D eigenvalue weighted by molar-refractivity contribution is 5.90. The summed E-state index contributed by atoms with van der Waals surface area (Å²) in [6.45, 7) is 0. The van der Waals surface area contributed by atoms with Crippen molar-refractivity contribution in [3.8, 4) is 0 Å². The minimum absolute atomic E-state index is 0.0868. The van der Waals surface area contributed by atoms with Gasteiger partial charge in [0, 0.05) is 12.4 Å². The molecule has 2 aromatic heterocycles. The lowest BCUT2D eigenvalue weighted by Gasteiger charge is -1.93. The molecule has 2 aromatic rings. The molecule has 4 heteroatoms. The minimum atomic E-state index is 0.0868. The van der Waals surface area contributed by atoms with Crippen LogP contribution in [0, 0.1) is 5.41 Å². The van der Waals surface area contributed by atoms with Crippen molar-refractivity contribution in [2.75, 3.05) is 7.11 Å². The maximum Gasteiger partial charge on any atom is 0.233 e. The minimum Gasteiger partial charge on any atom is -0.480 e. The van der Waals surface area contributed by atoms with Crippen LogP contribution in [0.3, 0.4) is 0 Å². The second-order valence-corrected chi connectivity index (χ2v) is 2.63. The summed E-state index contributed by atoms with van der Waals surface area (Å²) in [6, 6.07) is 5.70. The van der Waals surface area contributed by atoms with Crippen LogP contribution in [-0.2, 0) is 4.74 Å². The van der Waals surface area contributed by atoms with Crippen LogP contribution in [0.15, 0.2) is 30.6 Å². The first-order chi connectivity index (χ1) is 6.31. The zero-order valence-electron chi connectivity index (χ0n) is 7.19. The van der Waals surface area contributed by atoms with Crippen molar-refractivity contribution in [2.45, 2.75) is 0 Å². The van der Waals surface area contributed by atoms with Gasteiger partial charge in [0.15, 0.2) is 0 Å². The van der Waals surface area contributed by atoms with E-state index in [-0.39, 0.29) is 5.90 Å².